The molecule has 2 N–H and O–H groups in total. The second-order valence-electron chi connectivity index (χ2n) is 6.10. The Bertz CT molecular complexity index is 555. The highest BCUT2D eigenvalue weighted by Crippen LogP contribution is 2.33. The number of nitrogens with two attached hydrogens (primary N) is 1. The third-order valence-corrected chi connectivity index (χ3v) is 5.63. The second kappa shape index (κ2) is 7.65. The smallest absolute Gasteiger partial charge is 0.342 e. The summed E-state index contributed by atoms with van der Waals surface area (Å²) in [6.45, 7) is 6.25. The predicted molar refractivity (Wildman–Crippen MR) is 102 cm³/mol. The van der Waals surface area contributed by atoms with Crippen LogP contribution in [-0.2, 0) is 4.74 Å². The summed E-state index contributed by atoms with van der Waals surface area (Å²) in [7, 11) is 1.59. The Labute approximate surface area is 159 Å². The molecule has 0 unspecified atom stereocenters. The van der Waals surface area contributed by atoms with Crippen LogP contribution in [-0.4, -0.2) is 31.8 Å². The van der Waals surface area contributed by atoms with Crippen molar-refractivity contribution in [1.82, 2.24) is 0 Å². The van der Waals surface area contributed by atoms with Crippen molar-refractivity contribution in [2.75, 3.05) is 20.2 Å². The number of halogens is 2. The van der Waals surface area contributed by atoms with Gasteiger partial charge in [-0.2, -0.15) is 0 Å². The Morgan fingerprint density at radius 1 is 1.27 bits per heavy atom. The summed E-state index contributed by atoms with van der Waals surface area (Å²) in [6.07, 6.45) is 2.17. The SMILES string of the molecule is COc1c(I)cc(I)cc1C(=O)OC(C)(C)C1CC[NH2+]CC1. The number of benzene rings is 1. The molecule has 6 heteroatoms. The second-order valence-corrected chi connectivity index (χ2v) is 8.51. The monoisotopic (exact) mass is 530 g/mol. The van der Waals surface area contributed by atoms with Gasteiger partial charge in [-0.3, -0.25) is 0 Å². The molecular weight excluding hydrogens is 508 g/mol. The van der Waals surface area contributed by atoms with Gasteiger partial charge in [-0.1, -0.05) is 0 Å². The number of methoxy groups -OCH3 is 1. The number of esters is 1. The van der Waals surface area contributed by atoms with Gasteiger partial charge in [-0.15, -0.1) is 0 Å². The molecule has 4 nitrogen and oxygen atoms in total. The van der Waals surface area contributed by atoms with Crippen molar-refractivity contribution >= 4 is 51.2 Å². The average molecular weight is 530 g/mol. The zero-order valence-electron chi connectivity index (χ0n) is 13.1. The van der Waals surface area contributed by atoms with Crippen LogP contribution >= 0.6 is 45.2 Å². The zero-order chi connectivity index (χ0) is 16.3. The molecule has 0 bridgehead atoms. The van der Waals surface area contributed by atoms with Gasteiger partial charge in [0.2, 0.25) is 0 Å². The maximum Gasteiger partial charge on any atom is 0.342 e. The predicted octanol–water partition coefficient (Wildman–Crippen LogP) is 2.81. The van der Waals surface area contributed by atoms with E-state index in [2.05, 4.69) is 50.5 Å². The maximum atomic E-state index is 12.7. The Kier molecular flexibility index (Phi) is 6.35. The molecule has 22 heavy (non-hydrogen) atoms. The van der Waals surface area contributed by atoms with Gasteiger partial charge < -0.3 is 14.8 Å². The van der Waals surface area contributed by atoms with E-state index in [1.807, 2.05) is 26.0 Å². The molecule has 0 radical (unpaired) electrons. The summed E-state index contributed by atoms with van der Waals surface area (Å²) in [5.41, 5.74) is 0.0533. The Balaban J connectivity index is 2.21. The van der Waals surface area contributed by atoms with Crippen molar-refractivity contribution in [3.63, 3.8) is 0 Å². The number of piperidine rings is 1. The third kappa shape index (κ3) is 4.25. The molecule has 1 aliphatic rings. The van der Waals surface area contributed by atoms with Crippen molar-refractivity contribution in [2.24, 2.45) is 5.92 Å². The van der Waals surface area contributed by atoms with E-state index in [9.17, 15) is 4.79 Å². The Hall–Kier alpha value is -0.0900. The van der Waals surface area contributed by atoms with Crippen molar-refractivity contribution in [3.8, 4) is 5.75 Å². The number of quaternary nitrogens is 1. The summed E-state index contributed by atoms with van der Waals surface area (Å²) < 4.78 is 13.2. The zero-order valence-corrected chi connectivity index (χ0v) is 17.4. The normalized spacial score (nSPS) is 16.4. The number of carbonyl (C=O) groups excluding carboxylic acids is 1. The number of rotatable bonds is 4. The fourth-order valence-electron chi connectivity index (χ4n) is 2.92. The third-order valence-electron chi connectivity index (χ3n) is 4.21. The lowest BCUT2D eigenvalue weighted by Crippen LogP contribution is -2.86. The fourth-order valence-corrected chi connectivity index (χ4v) is 4.98. The van der Waals surface area contributed by atoms with E-state index < -0.39 is 5.60 Å². The van der Waals surface area contributed by atoms with E-state index in [1.165, 1.54) is 0 Å². The largest absolute Gasteiger partial charge is 0.495 e. The molecule has 122 valence electrons. The summed E-state index contributed by atoms with van der Waals surface area (Å²) >= 11 is 4.39. The van der Waals surface area contributed by atoms with Gasteiger partial charge in [0.25, 0.3) is 0 Å². The van der Waals surface area contributed by atoms with E-state index in [0.29, 0.717) is 17.2 Å². The van der Waals surface area contributed by atoms with Gasteiger partial charge in [0.15, 0.2) is 0 Å². The van der Waals surface area contributed by atoms with Crippen LogP contribution in [0.3, 0.4) is 0 Å². The number of carbonyl (C=O) groups is 1. The summed E-state index contributed by atoms with van der Waals surface area (Å²) in [5, 5.41) is 2.32. The van der Waals surface area contributed by atoms with Gasteiger partial charge in [0.1, 0.15) is 16.9 Å². The number of hydrogen-bond acceptors (Lipinski definition) is 3. The molecule has 0 spiro atoms. The Morgan fingerprint density at radius 3 is 2.50 bits per heavy atom. The van der Waals surface area contributed by atoms with Gasteiger partial charge in [0.05, 0.1) is 23.8 Å². The first kappa shape index (κ1) is 18.3. The minimum atomic E-state index is -0.455. The number of ether oxygens (including phenoxy) is 2. The van der Waals surface area contributed by atoms with Crippen LogP contribution in [0.25, 0.3) is 0 Å². The molecular formula is C16H22I2NO3+. The molecule has 0 atom stereocenters. The van der Waals surface area contributed by atoms with Crippen molar-refractivity contribution in [2.45, 2.75) is 32.3 Å². The van der Waals surface area contributed by atoms with Crippen LogP contribution in [0.5, 0.6) is 5.75 Å². The lowest BCUT2D eigenvalue weighted by atomic mass is 9.83. The van der Waals surface area contributed by atoms with Gasteiger partial charge in [-0.25, -0.2) is 4.79 Å². The molecule has 1 saturated heterocycles. The van der Waals surface area contributed by atoms with Crippen molar-refractivity contribution in [1.29, 1.82) is 0 Å². The van der Waals surface area contributed by atoms with E-state index >= 15 is 0 Å². The van der Waals surface area contributed by atoms with Crippen molar-refractivity contribution < 1.29 is 19.6 Å². The molecule has 0 saturated carbocycles. The molecule has 1 aliphatic heterocycles. The highest BCUT2D eigenvalue weighted by atomic mass is 127. The maximum absolute atomic E-state index is 12.7. The van der Waals surface area contributed by atoms with Crippen LogP contribution in [0.4, 0.5) is 0 Å². The molecule has 1 fully saturated rings. The van der Waals surface area contributed by atoms with E-state index in [-0.39, 0.29) is 5.97 Å². The highest BCUT2D eigenvalue weighted by molar-refractivity contribution is 14.1. The van der Waals surface area contributed by atoms with E-state index in [1.54, 1.807) is 7.11 Å². The van der Waals surface area contributed by atoms with Gasteiger partial charge in [-0.05, 0) is 71.2 Å². The summed E-state index contributed by atoms with van der Waals surface area (Å²) in [4.78, 5) is 12.7. The van der Waals surface area contributed by atoms with Crippen LogP contribution in [0.15, 0.2) is 12.1 Å². The molecule has 0 amide bonds. The molecule has 0 aromatic heterocycles. The minimum Gasteiger partial charge on any atom is -0.495 e. The first-order chi connectivity index (χ1) is 10.3. The molecule has 2 rings (SSSR count). The molecule has 1 aromatic rings. The number of hydrogen-bond donors (Lipinski definition) is 1. The standard InChI is InChI=1S/C16H21I2NO3/c1-16(2,10-4-6-19-7-5-10)22-15(20)12-8-11(17)9-13(18)14(12)21-3/h8-10,19H,4-7H2,1-3H3/p+1. The minimum absolute atomic E-state index is 0.298. The van der Waals surface area contributed by atoms with E-state index in [0.717, 1.165) is 33.1 Å². The van der Waals surface area contributed by atoms with Gasteiger partial charge in [0, 0.05) is 22.3 Å². The first-order valence-corrected chi connectivity index (χ1v) is 9.59. The quantitative estimate of drug-likeness (QED) is 0.482. The van der Waals surface area contributed by atoms with Crippen LogP contribution in [0.1, 0.15) is 37.0 Å². The average Bonchev–Trinajstić information content (AvgIpc) is 2.47. The van der Waals surface area contributed by atoms with Crippen molar-refractivity contribution in [3.05, 3.63) is 24.8 Å². The van der Waals surface area contributed by atoms with Crippen LogP contribution in [0, 0.1) is 13.1 Å². The summed E-state index contributed by atoms with van der Waals surface area (Å²) in [5.74, 6) is 0.709. The fraction of sp³-hybridized carbons (Fsp3) is 0.562. The summed E-state index contributed by atoms with van der Waals surface area (Å²) in [6, 6.07) is 3.81. The van der Waals surface area contributed by atoms with Crippen LogP contribution < -0.4 is 10.1 Å². The Morgan fingerprint density at radius 2 is 1.91 bits per heavy atom. The first-order valence-electron chi connectivity index (χ1n) is 7.43. The molecule has 1 heterocycles. The lowest BCUT2D eigenvalue weighted by molar-refractivity contribution is -0.665. The van der Waals surface area contributed by atoms with E-state index in [4.69, 9.17) is 9.47 Å². The van der Waals surface area contributed by atoms with Crippen LogP contribution in [0.2, 0.25) is 0 Å². The van der Waals surface area contributed by atoms with Gasteiger partial charge >= 0.3 is 5.97 Å². The molecule has 1 aromatic carbocycles. The topological polar surface area (TPSA) is 52.1 Å². The highest BCUT2D eigenvalue weighted by Gasteiger charge is 2.36. The lowest BCUT2D eigenvalue weighted by Gasteiger charge is -2.35. The molecule has 0 aliphatic carbocycles.